The topological polar surface area (TPSA) is 49.4 Å². The van der Waals surface area contributed by atoms with Crippen molar-refractivity contribution in [2.24, 2.45) is 17.8 Å². The van der Waals surface area contributed by atoms with Crippen LogP contribution in [0.15, 0.2) is 29.3 Å². The minimum absolute atomic E-state index is 0.0477. The van der Waals surface area contributed by atoms with Gasteiger partial charge in [0.25, 0.3) is 0 Å². The number of anilines is 2. The summed E-state index contributed by atoms with van der Waals surface area (Å²) in [5, 5.41) is 3.09. The Morgan fingerprint density at radius 2 is 1.97 bits per heavy atom. The summed E-state index contributed by atoms with van der Waals surface area (Å²) in [6.07, 6.45) is 11.9. The second kappa shape index (κ2) is 13.2. The van der Waals surface area contributed by atoms with Crippen molar-refractivity contribution < 1.29 is 14.0 Å². The molecule has 0 bridgehead atoms. The molecule has 0 radical (unpaired) electrons. The lowest BCUT2D eigenvalue weighted by Crippen LogP contribution is -2.40. The molecule has 0 spiro atoms. The number of Topliss-reactive ketones (excluding diaryl/α,β-unsaturated/α-hetero) is 1. The van der Waals surface area contributed by atoms with Crippen molar-refractivity contribution in [2.45, 2.75) is 97.9 Å². The third kappa shape index (κ3) is 7.91. The van der Waals surface area contributed by atoms with E-state index in [1.807, 2.05) is 12.1 Å². The monoisotopic (exact) mass is 484 g/mol. The molecule has 1 saturated carbocycles. The van der Waals surface area contributed by atoms with Crippen LogP contribution in [0.5, 0.6) is 0 Å². The van der Waals surface area contributed by atoms with Crippen molar-refractivity contribution in [3.63, 3.8) is 0 Å². The zero-order valence-corrected chi connectivity index (χ0v) is 22.2. The van der Waals surface area contributed by atoms with Crippen molar-refractivity contribution in [3.05, 3.63) is 35.2 Å². The Hall–Kier alpha value is -2.17. The van der Waals surface area contributed by atoms with Crippen LogP contribution in [0.1, 0.15) is 91.9 Å². The number of hydrogen-bond donors (Lipinski definition) is 1. The Balaban J connectivity index is 1.52. The fourth-order valence-electron chi connectivity index (χ4n) is 6.00. The number of piperidine rings is 1. The summed E-state index contributed by atoms with van der Waals surface area (Å²) in [5.74, 6) is 1.82. The van der Waals surface area contributed by atoms with Gasteiger partial charge in [-0.2, -0.15) is 0 Å². The molecule has 194 valence electrons. The first-order chi connectivity index (χ1) is 16.8. The van der Waals surface area contributed by atoms with Gasteiger partial charge in [0, 0.05) is 25.2 Å². The molecule has 0 aromatic heterocycles. The molecule has 1 aliphatic heterocycles. The Morgan fingerprint density at radius 3 is 2.63 bits per heavy atom. The molecule has 3 unspecified atom stereocenters. The van der Waals surface area contributed by atoms with Gasteiger partial charge in [0.2, 0.25) is 0 Å². The van der Waals surface area contributed by atoms with Crippen molar-refractivity contribution in [3.8, 4) is 0 Å². The molecule has 1 aromatic rings. The lowest BCUT2D eigenvalue weighted by molar-refractivity contribution is -0.117. The number of benzene rings is 1. The number of nitrogens with zero attached hydrogens (tertiary/aromatic N) is 1. The standard InChI is InChI=1S/C30H45FN2O2/c1-21(2)25-8-5-7-24(10-12-25)11-13-26-16-17-33(20-22(26)3)30-15-14-27(19-28(30)31)32-29(23(4)35)9-6-18-34/h14-15,18-19,22,24,26,29,32H,5-13,16-17,20H2,1-4H3/t22-,24?,26?,29?/m1/s1. The maximum Gasteiger partial charge on any atom is 0.151 e. The summed E-state index contributed by atoms with van der Waals surface area (Å²) >= 11 is 0. The molecule has 1 aliphatic carbocycles. The van der Waals surface area contributed by atoms with Crippen molar-refractivity contribution in [1.82, 2.24) is 0 Å². The van der Waals surface area contributed by atoms with E-state index < -0.39 is 6.04 Å². The first-order valence-electron chi connectivity index (χ1n) is 13.7. The van der Waals surface area contributed by atoms with E-state index in [4.69, 9.17) is 0 Å². The lowest BCUT2D eigenvalue weighted by Gasteiger charge is -2.39. The van der Waals surface area contributed by atoms with E-state index in [1.165, 1.54) is 63.5 Å². The normalized spacial score (nSPS) is 24.0. The Bertz CT molecular complexity index is 892. The summed E-state index contributed by atoms with van der Waals surface area (Å²) in [7, 11) is 0. The largest absolute Gasteiger partial charge is 0.375 e. The molecular formula is C30H45FN2O2. The molecule has 1 heterocycles. The molecular weight excluding hydrogens is 439 g/mol. The van der Waals surface area contributed by atoms with Crippen molar-refractivity contribution in [1.29, 1.82) is 0 Å². The molecule has 2 fully saturated rings. The quantitative estimate of drug-likeness (QED) is 0.214. The van der Waals surface area contributed by atoms with Gasteiger partial charge < -0.3 is 15.0 Å². The predicted molar refractivity (Wildman–Crippen MR) is 143 cm³/mol. The number of aldehydes is 1. The number of rotatable bonds is 10. The summed E-state index contributed by atoms with van der Waals surface area (Å²) in [4.78, 5) is 24.7. The van der Waals surface area contributed by atoms with Crippen LogP contribution < -0.4 is 10.2 Å². The number of halogens is 1. The number of carbonyl (C=O) groups excluding carboxylic acids is 2. The molecule has 35 heavy (non-hydrogen) atoms. The Labute approximate surface area is 211 Å². The smallest absolute Gasteiger partial charge is 0.151 e. The van der Waals surface area contributed by atoms with E-state index in [9.17, 15) is 9.59 Å². The molecule has 4 nitrogen and oxygen atoms in total. The number of carbonyl (C=O) groups is 2. The average Bonchev–Trinajstić information content (AvgIpc) is 3.07. The number of ketones is 1. The van der Waals surface area contributed by atoms with Crippen LogP contribution >= 0.6 is 0 Å². The fourth-order valence-corrected chi connectivity index (χ4v) is 6.00. The van der Waals surface area contributed by atoms with Gasteiger partial charge in [-0.25, -0.2) is 4.39 Å². The van der Waals surface area contributed by atoms with Crippen LogP contribution in [0.3, 0.4) is 0 Å². The van der Waals surface area contributed by atoms with Crippen LogP contribution in [0.2, 0.25) is 0 Å². The SMILES string of the molecule is CC(=O)C(CCC=O)Nc1ccc(N2CCC(CCC3CCCC(=C(C)C)CC3)[C@H](C)C2)c(F)c1. The summed E-state index contributed by atoms with van der Waals surface area (Å²) in [6.45, 7) is 10.1. The van der Waals surface area contributed by atoms with Gasteiger partial charge in [0.1, 0.15) is 12.1 Å². The van der Waals surface area contributed by atoms with Crippen LogP contribution in [0.25, 0.3) is 0 Å². The molecule has 5 heteroatoms. The number of nitrogens with one attached hydrogen (secondary N) is 1. The van der Waals surface area contributed by atoms with Crippen molar-refractivity contribution in [2.75, 3.05) is 23.3 Å². The fraction of sp³-hybridized carbons (Fsp3) is 0.667. The van der Waals surface area contributed by atoms with Gasteiger partial charge in [-0.3, -0.25) is 4.79 Å². The highest BCUT2D eigenvalue weighted by Crippen LogP contribution is 2.36. The van der Waals surface area contributed by atoms with Crippen LogP contribution in [0.4, 0.5) is 15.8 Å². The van der Waals surface area contributed by atoms with Crippen LogP contribution in [-0.2, 0) is 9.59 Å². The van der Waals surface area contributed by atoms with Gasteiger partial charge in [-0.1, -0.05) is 30.9 Å². The molecule has 3 rings (SSSR count). The van der Waals surface area contributed by atoms with Gasteiger partial charge in [0.15, 0.2) is 5.78 Å². The minimum Gasteiger partial charge on any atom is -0.375 e. The lowest BCUT2D eigenvalue weighted by atomic mass is 9.80. The minimum atomic E-state index is -0.469. The summed E-state index contributed by atoms with van der Waals surface area (Å²) in [6, 6.07) is 4.69. The summed E-state index contributed by atoms with van der Waals surface area (Å²) < 4.78 is 15.1. The molecule has 2 aliphatic rings. The van der Waals surface area contributed by atoms with E-state index in [0.717, 1.165) is 37.6 Å². The summed E-state index contributed by atoms with van der Waals surface area (Å²) in [5.41, 5.74) is 4.44. The van der Waals surface area contributed by atoms with E-state index >= 15 is 4.39 Å². The van der Waals surface area contributed by atoms with Crippen LogP contribution in [0, 0.1) is 23.6 Å². The number of allylic oxidation sites excluding steroid dienone is 2. The Kier molecular flexibility index (Phi) is 10.4. The van der Waals surface area contributed by atoms with Gasteiger partial charge >= 0.3 is 0 Å². The van der Waals surface area contributed by atoms with Crippen molar-refractivity contribution >= 4 is 23.4 Å². The third-order valence-electron chi connectivity index (χ3n) is 8.37. The zero-order valence-electron chi connectivity index (χ0n) is 22.2. The first kappa shape index (κ1) is 27.4. The Morgan fingerprint density at radius 1 is 1.17 bits per heavy atom. The average molecular weight is 485 g/mol. The molecule has 1 aromatic carbocycles. The molecule has 0 amide bonds. The maximum atomic E-state index is 15.1. The zero-order chi connectivity index (χ0) is 25.4. The van der Waals surface area contributed by atoms with E-state index in [2.05, 4.69) is 31.0 Å². The molecule has 1 N–H and O–H groups in total. The van der Waals surface area contributed by atoms with E-state index in [-0.39, 0.29) is 11.6 Å². The second-order valence-electron chi connectivity index (χ2n) is 11.2. The molecule has 1 saturated heterocycles. The first-order valence-corrected chi connectivity index (χ1v) is 13.7. The van der Waals surface area contributed by atoms with Crippen LogP contribution in [-0.4, -0.2) is 31.2 Å². The van der Waals surface area contributed by atoms with E-state index in [1.54, 1.807) is 5.57 Å². The number of hydrogen-bond acceptors (Lipinski definition) is 4. The second-order valence-corrected chi connectivity index (χ2v) is 11.2. The molecule has 4 atom stereocenters. The van der Waals surface area contributed by atoms with Gasteiger partial charge in [0.05, 0.1) is 11.7 Å². The highest BCUT2D eigenvalue weighted by Gasteiger charge is 2.28. The van der Waals surface area contributed by atoms with Gasteiger partial charge in [-0.05, 0) is 102 Å². The maximum absolute atomic E-state index is 15.1. The third-order valence-corrected chi connectivity index (χ3v) is 8.37. The van der Waals surface area contributed by atoms with Gasteiger partial charge in [-0.15, -0.1) is 0 Å². The highest BCUT2D eigenvalue weighted by molar-refractivity contribution is 5.84. The predicted octanol–water partition coefficient (Wildman–Crippen LogP) is 7.33. The highest BCUT2D eigenvalue weighted by atomic mass is 19.1. The van der Waals surface area contributed by atoms with E-state index in [0.29, 0.717) is 30.1 Å².